The van der Waals surface area contributed by atoms with Crippen LogP contribution in [0.4, 0.5) is 0 Å². The van der Waals surface area contributed by atoms with Gasteiger partial charge in [-0.3, -0.25) is 10.5 Å². The summed E-state index contributed by atoms with van der Waals surface area (Å²) in [6, 6.07) is 0. The molecule has 2 atom stereocenters. The molecular weight excluding hydrogens is 360 g/mol. The van der Waals surface area contributed by atoms with E-state index in [1.807, 2.05) is 37.3 Å². The van der Waals surface area contributed by atoms with Gasteiger partial charge in [-0.1, -0.05) is 79.8 Å². The van der Waals surface area contributed by atoms with E-state index in [1.165, 1.54) is 0 Å². The van der Waals surface area contributed by atoms with Gasteiger partial charge in [-0.2, -0.15) is 0 Å². The molecule has 0 aromatic heterocycles. The summed E-state index contributed by atoms with van der Waals surface area (Å²) in [6.45, 7) is 2.04. The third kappa shape index (κ3) is 17.2. The molecule has 0 radical (unpaired) electrons. The van der Waals surface area contributed by atoms with Crippen LogP contribution in [0.25, 0.3) is 0 Å². The lowest BCUT2D eigenvalue weighted by Gasteiger charge is -2.04. The molecule has 0 saturated carbocycles. The summed E-state index contributed by atoms with van der Waals surface area (Å²) >= 11 is 0. The first-order chi connectivity index (χ1) is 13.6. The zero-order chi connectivity index (χ0) is 20.9. The highest BCUT2D eigenvalue weighted by Crippen LogP contribution is 2.03. The Morgan fingerprint density at radius 3 is 1.89 bits per heavy atom. The van der Waals surface area contributed by atoms with Gasteiger partial charge in [-0.25, -0.2) is 9.78 Å². The number of hydrogen-bond donors (Lipinski definition) is 2. The van der Waals surface area contributed by atoms with Gasteiger partial charge in [0.15, 0.2) is 0 Å². The van der Waals surface area contributed by atoms with Crippen LogP contribution in [0.1, 0.15) is 45.4 Å². The average molecular weight is 391 g/mol. The summed E-state index contributed by atoms with van der Waals surface area (Å²) in [6.07, 6.45) is 24.4. The molecule has 0 aliphatic heterocycles. The Morgan fingerprint density at radius 1 is 0.857 bits per heavy atom. The predicted molar refractivity (Wildman–Crippen MR) is 108 cm³/mol. The van der Waals surface area contributed by atoms with Crippen molar-refractivity contribution in [1.29, 1.82) is 0 Å². The van der Waals surface area contributed by atoms with Gasteiger partial charge in [0, 0.05) is 5.97 Å². The van der Waals surface area contributed by atoms with Gasteiger partial charge < -0.3 is 9.90 Å². The summed E-state index contributed by atoms with van der Waals surface area (Å²) in [7, 11) is 0. The maximum absolute atomic E-state index is 10.2. The van der Waals surface area contributed by atoms with Gasteiger partial charge in [0.25, 0.3) is 0 Å². The molecule has 0 aromatic carbocycles. The number of hydrogen-bond acceptors (Lipinski definition) is 6. The molecule has 6 heteroatoms. The van der Waals surface area contributed by atoms with E-state index in [-0.39, 0.29) is 12.5 Å². The highest BCUT2D eigenvalue weighted by Gasteiger charge is 2.00. The molecule has 0 fully saturated rings. The van der Waals surface area contributed by atoms with Gasteiger partial charge in [0.2, 0.25) is 0 Å². The molecule has 0 saturated heterocycles. The van der Waals surface area contributed by atoms with Crippen molar-refractivity contribution in [3.63, 3.8) is 0 Å². The fraction of sp³-hybridized carbons (Fsp3) is 0.409. The van der Waals surface area contributed by atoms with Crippen LogP contribution in [0.5, 0.6) is 0 Å². The first kappa shape index (κ1) is 25.8. The van der Waals surface area contributed by atoms with E-state index in [0.717, 1.165) is 6.42 Å². The first-order valence-electron chi connectivity index (χ1n) is 9.40. The Hall–Kier alpha value is -2.25. The number of allylic oxidation sites excluding steroid dienone is 8. The molecule has 0 spiro atoms. The van der Waals surface area contributed by atoms with Crippen LogP contribution in [0.2, 0.25) is 0 Å². The Labute approximate surface area is 167 Å². The van der Waals surface area contributed by atoms with E-state index in [9.17, 15) is 9.90 Å². The van der Waals surface area contributed by atoms with Crippen LogP contribution in [0, 0.1) is 0 Å². The van der Waals surface area contributed by atoms with Gasteiger partial charge >= 0.3 is 0 Å². The zero-order valence-corrected chi connectivity index (χ0v) is 16.4. The lowest BCUT2D eigenvalue weighted by molar-refractivity contribution is -0.305. The van der Waals surface area contributed by atoms with Crippen molar-refractivity contribution in [1.82, 2.24) is 0 Å². The highest BCUT2D eigenvalue weighted by atomic mass is 17.1. The van der Waals surface area contributed by atoms with Crippen molar-refractivity contribution in [3.8, 4) is 0 Å². The fourth-order valence-corrected chi connectivity index (χ4v) is 2.04. The number of carboxylic acid groups (broad SMARTS) is 1. The zero-order valence-electron chi connectivity index (χ0n) is 16.4. The lowest BCUT2D eigenvalue weighted by Crippen LogP contribution is -2.21. The minimum absolute atomic E-state index is 0.0255. The number of carboxylic acids is 1. The summed E-state index contributed by atoms with van der Waals surface area (Å²) in [5, 5.41) is 28.0. The highest BCUT2D eigenvalue weighted by molar-refractivity contribution is 5.64. The van der Waals surface area contributed by atoms with Crippen molar-refractivity contribution in [2.24, 2.45) is 0 Å². The van der Waals surface area contributed by atoms with Crippen molar-refractivity contribution in [2.75, 3.05) is 0 Å². The van der Waals surface area contributed by atoms with Crippen LogP contribution in [0.15, 0.2) is 72.9 Å². The van der Waals surface area contributed by atoms with Crippen LogP contribution in [0.3, 0.4) is 0 Å². The second kappa shape index (κ2) is 19.5. The minimum Gasteiger partial charge on any atom is -0.550 e. The van der Waals surface area contributed by atoms with E-state index >= 15 is 0 Å². The van der Waals surface area contributed by atoms with Crippen LogP contribution in [-0.2, 0) is 14.6 Å². The molecule has 0 heterocycles. The van der Waals surface area contributed by atoms with Crippen LogP contribution < -0.4 is 5.11 Å². The topological polar surface area (TPSA) is 99.1 Å². The molecule has 0 amide bonds. The summed E-state index contributed by atoms with van der Waals surface area (Å²) < 4.78 is 0. The maximum Gasteiger partial charge on any atom is 0.115 e. The molecule has 28 heavy (non-hydrogen) atoms. The number of carbonyl (C=O) groups is 1. The summed E-state index contributed by atoms with van der Waals surface area (Å²) in [5.74, 6) is -1.05. The maximum atomic E-state index is 10.2. The number of aliphatic carboxylic acids is 1. The fourth-order valence-electron chi connectivity index (χ4n) is 2.04. The third-order valence-corrected chi connectivity index (χ3v) is 3.52. The molecule has 0 aromatic rings. The molecule has 0 rings (SSSR count). The molecule has 0 aliphatic rings. The molecular formula is C22H31O6-. The van der Waals surface area contributed by atoms with E-state index in [2.05, 4.69) is 9.78 Å². The Balaban J connectivity index is 4.15. The standard InChI is InChI=1S/C22H32O6/c1-2-3-10-15-20(27-25)17-12-8-9-13-18-21(28-26)16-11-6-4-5-7-14-19-22(23)24/h3,5-13,17-18,20-21,25-26H,2,4,14-16,19H2,1H3,(H,23,24)/p-1/b7-5-,9-8-,10-3-,11-6-,17-12+,18-13-/t20-,21?/m0/s1. The Kier molecular flexibility index (Phi) is 17.9. The predicted octanol–water partition coefficient (Wildman–Crippen LogP) is 4.15. The molecule has 0 bridgehead atoms. The van der Waals surface area contributed by atoms with Crippen molar-refractivity contribution >= 4 is 5.97 Å². The smallest absolute Gasteiger partial charge is 0.115 e. The Bertz CT molecular complexity index is 557. The van der Waals surface area contributed by atoms with E-state index in [1.54, 1.807) is 42.5 Å². The van der Waals surface area contributed by atoms with Crippen LogP contribution >= 0.6 is 0 Å². The van der Waals surface area contributed by atoms with E-state index in [4.69, 9.17) is 10.5 Å². The lowest BCUT2D eigenvalue weighted by atomic mass is 10.2. The van der Waals surface area contributed by atoms with Gasteiger partial charge in [0.1, 0.15) is 12.2 Å². The monoisotopic (exact) mass is 391 g/mol. The quantitative estimate of drug-likeness (QED) is 0.177. The summed E-state index contributed by atoms with van der Waals surface area (Å²) in [4.78, 5) is 19.0. The van der Waals surface area contributed by atoms with Crippen LogP contribution in [-0.4, -0.2) is 28.7 Å². The number of rotatable bonds is 16. The molecule has 6 nitrogen and oxygen atoms in total. The van der Waals surface area contributed by atoms with E-state index < -0.39 is 12.1 Å². The summed E-state index contributed by atoms with van der Waals surface area (Å²) in [5.41, 5.74) is 0. The van der Waals surface area contributed by atoms with Gasteiger partial charge in [-0.05, 0) is 38.5 Å². The normalized spacial score (nSPS) is 15.2. The van der Waals surface area contributed by atoms with Gasteiger partial charge in [0.05, 0.1) is 0 Å². The van der Waals surface area contributed by atoms with Crippen molar-refractivity contribution in [2.45, 2.75) is 57.7 Å². The minimum atomic E-state index is -1.05. The van der Waals surface area contributed by atoms with E-state index in [0.29, 0.717) is 25.7 Å². The molecule has 1 unspecified atom stereocenters. The van der Waals surface area contributed by atoms with Gasteiger partial charge in [-0.15, -0.1) is 0 Å². The average Bonchev–Trinajstić information content (AvgIpc) is 2.69. The SMILES string of the molecule is CC/C=C\C[C@@H](/C=C/C=C\C=C/C(C/C=C\C/C=C\CCC(=O)[O-])OO)OO. The number of carbonyl (C=O) groups excluding carboxylic acids is 1. The largest absolute Gasteiger partial charge is 0.550 e. The van der Waals surface area contributed by atoms with Crippen molar-refractivity contribution < 1.29 is 30.2 Å². The molecule has 2 N–H and O–H groups in total. The molecule has 0 aliphatic carbocycles. The molecule has 156 valence electrons. The van der Waals surface area contributed by atoms with Crippen molar-refractivity contribution in [3.05, 3.63) is 72.9 Å². The second-order valence-corrected chi connectivity index (χ2v) is 5.88. The Morgan fingerprint density at radius 2 is 1.39 bits per heavy atom. The second-order valence-electron chi connectivity index (χ2n) is 5.88. The third-order valence-electron chi connectivity index (χ3n) is 3.52. The first-order valence-corrected chi connectivity index (χ1v) is 9.40.